The Bertz CT molecular complexity index is 1360. The minimum Gasteiger partial charge on any atom is -0.384 e. The van der Waals surface area contributed by atoms with Crippen LogP contribution < -0.4 is 16.2 Å². The molecule has 9 nitrogen and oxygen atoms in total. The van der Waals surface area contributed by atoms with E-state index in [9.17, 15) is 18.0 Å². The zero-order valence-electron chi connectivity index (χ0n) is 25.0. The zero-order chi connectivity index (χ0) is 30.6. The van der Waals surface area contributed by atoms with Crippen molar-refractivity contribution < 1.29 is 18.0 Å². The van der Waals surface area contributed by atoms with Crippen LogP contribution in [0.3, 0.4) is 0 Å². The number of amides is 2. The fourth-order valence-electron chi connectivity index (χ4n) is 5.33. The lowest BCUT2D eigenvalue weighted by Crippen LogP contribution is -2.52. The normalized spacial score (nSPS) is 15.5. The number of nitrogens with one attached hydrogen (secondary N) is 2. The molecule has 1 saturated heterocycles. The third-order valence-corrected chi connectivity index (χ3v) is 9.43. The van der Waals surface area contributed by atoms with E-state index in [1.165, 1.54) is 0 Å². The highest BCUT2D eigenvalue weighted by Gasteiger charge is 2.35. The number of carbonyl (C=O) groups is 2. The molecule has 3 rings (SSSR count). The number of likely N-dealkylation sites (tertiary alicyclic amines) is 1. The molecule has 6 N–H and O–H groups in total. The minimum atomic E-state index is -4.15. The molecule has 1 heterocycles. The number of sulfonamides is 1. The highest BCUT2D eigenvalue weighted by molar-refractivity contribution is 7.89. The van der Waals surface area contributed by atoms with Gasteiger partial charge in [-0.1, -0.05) is 71.9 Å². The number of piperidine rings is 1. The molecule has 0 saturated carbocycles. The Morgan fingerprint density at radius 2 is 1.51 bits per heavy atom. The molecular weight excluding hydrogens is 538 g/mol. The first-order valence-corrected chi connectivity index (χ1v) is 15.8. The van der Waals surface area contributed by atoms with Crippen molar-refractivity contribution in [2.24, 2.45) is 17.4 Å². The van der Waals surface area contributed by atoms with Crippen molar-refractivity contribution in [3.8, 4) is 0 Å². The molecule has 1 atom stereocenters. The number of hydrogen-bond donors (Lipinski definition) is 4. The molecule has 41 heavy (non-hydrogen) atoms. The molecule has 1 fully saturated rings. The summed E-state index contributed by atoms with van der Waals surface area (Å²) in [7, 11) is -4.15. The van der Waals surface area contributed by atoms with Crippen LogP contribution in [0.15, 0.2) is 41.3 Å². The fourth-order valence-corrected chi connectivity index (χ4v) is 7.22. The second kappa shape index (κ2) is 13.2. The summed E-state index contributed by atoms with van der Waals surface area (Å²) in [5.74, 6) is -1.07. The Morgan fingerprint density at radius 1 is 0.951 bits per heavy atom. The van der Waals surface area contributed by atoms with Gasteiger partial charge in [0.25, 0.3) is 0 Å². The van der Waals surface area contributed by atoms with Crippen LogP contribution in [0.1, 0.15) is 100.0 Å². The lowest BCUT2D eigenvalue weighted by atomic mass is 9.89. The van der Waals surface area contributed by atoms with Crippen LogP contribution in [-0.4, -0.2) is 50.1 Å². The van der Waals surface area contributed by atoms with Crippen molar-refractivity contribution in [2.45, 2.75) is 89.5 Å². The van der Waals surface area contributed by atoms with E-state index in [0.717, 1.165) is 16.7 Å². The number of hydrogen-bond acceptors (Lipinski definition) is 5. The SMILES string of the molecule is CC(C)c1cc(C(C)C)c(S(=O)(=O)N[C@@H](Cc2cccc(C(=N)N)c2)C(=O)N2CCC(C(N)=O)CC2)c(C(C)C)c1. The molecule has 0 aromatic heterocycles. The summed E-state index contributed by atoms with van der Waals surface area (Å²) in [6.07, 6.45) is 0.949. The largest absolute Gasteiger partial charge is 0.384 e. The van der Waals surface area contributed by atoms with Crippen molar-refractivity contribution in [3.63, 3.8) is 0 Å². The Balaban J connectivity index is 2.07. The monoisotopic (exact) mass is 583 g/mol. The summed E-state index contributed by atoms with van der Waals surface area (Å²) >= 11 is 0. The molecule has 224 valence electrons. The molecule has 0 unspecified atom stereocenters. The first-order valence-electron chi connectivity index (χ1n) is 14.3. The lowest BCUT2D eigenvalue weighted by molar-refractivity contribution is -0.136. The zero-order valence-corrected chi connectivity index (χ0v) is 25.8. The van der Waals surface area contributed by atoms with Crippen LogP contribution in [0.25, 0.3) is 0 Å². The van der Waals surface area contributed by atoms with Crippen LogP contribution in [0, 0.1) is 11.3 Å². The molecule has 0 radical (unpaired) electrons. The van der Waals surface area contributed by atoms with Crippen LogP contribution >= 0.6 is 0 Å². The van der Waals surface area contributed by atoms with Gasteiger partial charge in [-0.3, -0.25) is 15.0 Å². The first kappa shape index (κ1) is 32.3. The maximum Gasteiger partial charge on any atom is 0.241 e. The van der Waals surface area contributed by atoms with E-state index in [1.807, 2.05) is 39.8 Å². The van der Waals surface area contributed by atoms with Gasteiger partial charge in [0.2, 0.25) is 21.8 Å². The Kier molecular flexibility index (Phi) is 10.4. The van der Waals surface area contributed by atoms with E-state index in [0.29, 0.717) is 37.1 Å². The number of rotatable bonds is 11. The molecule has 2 aromatic carbocycles. The number of nitrogens with two attached hydrogens (primary N) is 2. The molecule has 0 aliphatic carbocycles. The van der Waals surface area contributed by atoms with Gasteiger partial charge in [-0.15, -0.1) is 0 Å². The van der Waals surface area contributed by atoms with Crippen molar-refractivity contribution in [1.29, 1.82) is 5.41 Å². The molecular formula is C31H45N5O4S. The average molecular weight is 584 g/mol. The quantitative estimate of drug-likeness (QED) is 0.232. The van der Waals surface area contributed by atoms with Crippen molar-refractivity contribution in [1.82, 2.24) is 9.62 Å². The molecule has 10 heteroatoms. The number of nitrogen functional groups attached to an aromatic ring is 1. The highest BCUT2D eigenvalue weighted by atomic mass is 32.2. The Labute approximate surface area is 244 Å². The molecule has 1 aliphatic rings. The van der Waals surface area contributed by atoms with E-state index in [2.05, 4.69) is 18.6 Å². The summed E-state index contributed by atoms with van der Waals surface area (Å²) in [5, 5.41) is 7.80. The predicted octanol–water partition coefficient (Wildman–Crippen LogP) is 3.95. The minimum absolute atomic E-state index is 0.0630. The maximum absolute atomic E-state index is 14.3. The summed E-state index contributed by atoms with van der Waals surface area (Å²) < 4.78 is 31.3. The molecule has 2 aromatic rings. The number of primary amides is 1. The van der Waals surface area contributed by atoms with Gasteiger partial charge in [-0.2, -0.15) is 4.72 Å². The third-order valence-electron chi connectivity index (χ3n) is 7.83. The summed E-state index contributed by atoms with van der Waals surface area (Å²) in [6, 6.07) is 9.76. The van der Waals surface area contributed by atoms with Gasteiger partial charge in [0, 0.05) is 24.6 Å². The summed E-state index contributed by atoms with van der Waals surface area (Å²) in [6.45, 7) is 12.7. The first-order chi connectivity index (χ1) is 19.1. The van der Waals surface area contributed by atoms with E-state index in [4.69, 9.17) is 16.9 Å². The average Bonchev–Trinajstić information content (AvgIpc) is 2.91. The second-order valence-electron chi connectivity index (χ2n) is 12.0. The second-order valence-corrected chi connectivity index (χ2v) is 13.6. The molecule has 0 spiro atoms. The van der Waals surface area contributed by atoms with Crippen LogP contribution in [0.2, 0.25) is 0 Å². The molecule has 1 aliphatic heterocycles. The lowest BCUT2D eigenvalue weighted by Gasteiger charge is -2.33. The highest BCUT2D eigenvalue weighted by Crippen LogP contribution is 2.35. The Hall–Kier alpha value is -3.24. The van der Waals surface area contributed by atoms with Gasteiger partial charge >= 0.3 is 0 Å². The topological polar surface area (TPSA) is 159 Å². The number of benzene rings is 2. The smallest absolute Gasteiger partial charge is 0.241 e. The van der Waals surface area contributed by atoms with Crippen molar-refractivity contribution in [2.75, 3.05) is 13.1 Å². The van der Waals surface area contributed by atoms with Crippen LogP contribution in [-0.2, 0) is 26.0 Å². The summed E-state index contributed by atoms with van der Waals surface area (Å²) in [4.78, 5) is 27.4. The van der Waals surface area contributed by atoms with Gasteiger partial charge in [-0.05, 0) is 65.3 Å². The predicted molar refractivity (Wildman–Crippen MR) is 162 cm³/mol. The van der Waals surface area contributed by atoms with Gasteiger partial charge in [-0.25, -0.2) is 8.42 Å². The van der Waals surface area contributed by atoms with Gasteiger partial charge in [0.05, 0.1) is 4.90 Å². The number of nitrogens with zero attached hydrogens (tertiary/aromatic N) is 1. The van der Waals surface area contributed by atoms with Gasteiger partial charge < -0.3 is 16.4 Å². The van der Waals surface area contributed by atoms with Gasteiger partial charge in [0.1, 0.15) is 11.9 Å². The fraction of sp³-hybridized carbons (Fsp3) is 0.516. The van der Waals surface area contributed by atoms with E-state index < -0.39 is 16.1 Å². The third kappa shape index (κ3) is 7.74. The van der Waals surface area contributed by atoms with E-state index >= 15 is 0 Å². The standard InChI is InChI=1S/C31H45N5O4S/c1-18(2)24-16-25(19(3)4)28(26(17-24)20(5)6)41(39,40)35-27(15-21-8-7-9-23(14-21)29(32)33)31(38)36-12-10-22(11-13-36)30(34)37/h7-9,14,16-20,22,27,35H,10-13,15H2,1-6H3,(H3,32,33)(H2,34,37)/t27-/m0/s1. The summed E-state index contributed by atoms with van der Waals surface area (Å²) in [5.41, 5.74) is 14.9. The van der Waals surface area contributed by atoms with Crippen molar-refractivity contribution in [3.05, 3.63) is 64.2 Å². The number of amidine groups is 1. The Morgan fingerprint density at radius 3 is 1.98 bits per heavy atom. The van der Waals surface area contributed by atoms with Crippen molar-refractivity contribution >= 4 is 27.7 Å². The van der Waals surface area contributed by atoms with Crippen LogP contribution in [0.5, 0.6) is 0 Å². The maximum atomic E-state index is 14.3. The van der Waals surface area contributed by atoms with E-state index in [-0.39, 0.29) is 52.6 Å². The number of carbonyl (C=O) groups excluding carboxylic acids is 2. The van der Waals surface area contributed by atoms with E-state index in [1.54, 1.807) is 29.2 Å². The molecule has 0 bridgehead atoms. The molecule has 2 amide bonds. The van der Waals surface area contributed by atoms with Gasteiger partial charge in [0.15, 0.2) is 0 Å². The van der Waals surface area contributed by atoms with Crippen LogP contribution in [0.4, 0.5) is 0 Å².